The van der Waals surface area contributed by atoms with Crippen molar-refractivity contribution < 1.29 is 35.6 Å². The molecule has 3 aromatic rings. The molecule has 148 valence electrons. The molecule has 28 heavy (non-hydrogen) atoms. The molecule has 0 radical (unpaired) electrons. The third-order valence-electron chi connectivity index (χ3n) is 3.47. The molecule has 0 aliphatic rings. The van der Waals surface area contributed by atoms with E-state index < -0.39 is 35.8 Å². The van der Waals surface area contributed by atoms with Crippen LogP contribution in [0.2, 0.25) is 0 Å². The van der Waals surface area contributed by atoms with Gasteiger partial charge in [-0.2, -0.15) is 31.3 Å². The maximum atomic E-state index is 12.9. The standard InChI is InChI=1S/C17H9BrF6N2O2/c18-12-3-1-2-9(4-12)15-25-14(28-26-15)8-27-13-6-10(16(19,20)21)5-11(7-13)17(22,23)24/h1-7H,8H2. The number of aromatic nitrogens is 2. The second-order valence-electron chi connectivity index (χ2n) is 5.55. The van der Waals surface area contributed by atoms with Crippen LogP contribution in [0, 0.1) is 0 Å². The van der Waals surface area contributed by atoms with Gasteiger partial charge >= 0.3 is 12.4 Å². The quantitative estimate of drug-likeness (QED) is 0.435. The van der Waals surface area contributed by atoms with Crippen LogP contribution in [0.3, 0.4) is 0 Å². The highest BCUT2D eigenvalue weighted by Crippen LogP contribution is 2.38. The van der Waals surface area contributed by atoms with Gasteiger partial charge in [0.15, 0.2) is 6.61 Å². The van der Waals surface area contributed by atoms with Crippen molar-refractivity contribution in [1.82, 2.24) is 10.1 Å². The Morgan fingerprint density at radius 2 is 1.57 bits per heavy atom. The minimum Gasteiger partial charge on any atom is -0.484 e. The van der Waals surface area contributed by atoms with Crippen LogP contribution in [-0.4, -0.2) is 10.1 Å². The summed E-state index contributed by atoms with van der Waals surface area (Å²) in [6.45, 7) is -0.500. The van der Waals surface area contributed by atoms with E-state index in [1.807, 2.05) is 0 Å². The molecule has 0 aliphatic carbocycles. The van der Waals surface area contributed by atoms with Crippen molar-refractivity contribution in [3.63, 3.8) is 0 Å². The summed E-state index contributed by atoms with van der Waals surface area (Å²) >= 11 is 3.28. The summed E-state index contributed by atoms with van der Waals surface area (Å²) in [5.41, 5.74) is -2.35. The first-order valence-corrected chi connectivity index (χ1v) is 8.32. The Labute approximate surface area is 162 Å². The summed E-state index contributed by atoms with van der Waals surface area (Å²) in [6, 6.07) is 7.87. The fourth-order valence-corrected chi connectivity index (χ4v) is 2.61. The average Bonchev–Trinajstić information content (AvgIpc) is 3.07. The smallest absolute Gasteiger partial charge is 0.416 e. The molecule has 0 unspecified atom stereocenters. The largest absolute Gasteiger partial charge is 0.484 e. The third-order valence-corrected chi connectivity index (χ3v) is 3.97. The predicted octanol–water partition coefficient (Wildman–Crippen LogP) is 6.12. The average molecular weight is 467 g/mol. The van der Waals surface area contributed by atoms with Crippen molar-refractivity contribution in [1.29, 1.82) is 0 Å². The lowest BCUT2D eigenvalue weighted by Gasteiger charge is -2.14. The fourth-order valence-electron chi connectivity index (χ4n) is 2.21. The van der Waals surface area contributed by atoms with Gasteiger partial charge < -0.3 is 9.26 Å². The Morgan fingerprint density at radius 1 is 0.929 bits per heavy atom. The number of halogens is 7. The molecule has 0 atom stereocenters. The molecule has 0 aliphatic heterocycles. The highest BCUT2D eigenvalue weighted by molar-refractivity contribution is 9.10. The van der Waals surface area contributed by atoms with Gasteiger partial charge in [-0.05, 0) is 30.3 Å². The molecule has 3 rings (SSSR count). The van der Waals surface area contributed by atoms with E-state index in [0.717, 1.165) is 4.47 Å². The number of hydrogen-bond donors (Lipinski definition) is 0. The van der Waals surface area contributed by atoms with Gasteiger partial charge in [0.05, 0.1) is 11.1 Å². The number of nitrogens with zero attached hydrogens (tertiary/aromatic N) is 2. The van der Waals surface area contributed by atoms with Crippen LogP contribution < -0.4 is 4.74 Å². The van der Waals surface area contributed by atoms with Crippen molar-refractivity contribution in [3.8, 4) is 17.1 Å². The lowest BCUT2D eigenvalue weighted by Crippen LogP contribution is -2.11. The maximum Gasteiger partial charge on any atom is 0.416 e. The Balaban J connectivity index is 1.81. The molecule has 2 aromatic carbocycles. The molecular formula is C17H9BrF6N2O2. The molecule has 0 fully saturated rings. The number of benzene rings is 2. The van der Waals surface area contributed by atoms with E-state index in [-0.39, 0.29) is 17.8 Å². The van der Waals surface area contributed by atoms with Gasteiger partial charge in [0.25, 0.3) is 5.89 Å². The normalized spacial score (nSPS) is 12.2. The topological polar surface area (TPSA) is 48.2 Å². The van der Waals surface area contributed by atoms with E-state index in [1.54, 1.807) is 24.3 Å². The molecule has 4 nitrogen and oxygen atoms in total. The lowest BCUT2D eigenvalue weighted by molar-refractivity contribution is -0.143. The van der Waals surface area contributed by atoms with E-state index in [4.69, 9.17) is 9.26 Å². The van der Waals surface area contributed by atoms with Crippen LogP contribution in [0.25, 0.3) is 11.4 Å². The molecule has 0 saturated carbocycles. The highest BCUT2D eigenvalue weighted by Gasteiger charge is 2.37. The van der Waals surface area contributed by atoms with E-state index in [0.29, 0.717) is 17.7 Å². The molecule has 1 heterocycles. The van der Waals surface area contributed by atoms with Gasteiger partial charge in [-0.3, -0.25) is 0 Å². The monoisotopic (exact) mass is 466 g/mol. The summed E-state index contributed by atoms with van der Waals surface area (Å²) in [6.07, 6.45) is -9.92. The Kier molecular flexibility index (Phi) is 5.37. The molecule has 0 bridgehead atoms. The Hall–Kier alpha value is -2.56. The molecule has 0 spiro atoms. The van der Waals surface area contributed by atoms with Crippen LogP contribution >= 0.6 is 15.9 Å². The van der Waals surface area contributed by atoms with Crippen LogP contribution in [0.1, 0.15) is 17.0 Å². The van der Waals surface area contributed by atoms with Gasteiger partial charge in [-0.15, -0.1) is 0 Å². The summed E-state index contributed by atoms with van der Waals surface area (Å²) in [5.74, 6) is -0.537. The molecule has 0 N–H and O–H groups in total. The number of alkyl halides is 6. The Bertz CT molecular complexity index is 952. The van der Waals surface area contributed by atoms with Gasteiger partial charge in [-0.1, -0.05) is 33.2 Å². The van der Waals surface area contributed by atoms with Crippen molar-refractivity contribution in [3.05, 3.63) is 64.0 Å². The molecular weight excluding hydrogens is 458 g/mol. The number of rotatable bonds is 4. The fraction of sp³-hybridized carbons (Fsp3) is 0.176. The lowest BCUT2D eigenvalue weighted by atomic mass is 10.1. The van der Waals surface area contributed by atoms with Crippen molar-refractivity contribution in [2.24, 2.45) is 0 Å². The van der Waals surface area contributed by atoms with Crippen molar-refractivity contribution in [2.45, 2.75) is 19.0 Å². The van der Waals surface area contributed by atoms with E-state index in [2.05, 4.69) is 26.1 Å². The molecule has 0 saturated heterocycles. The summed E-state index contributed by atoms with van der Waals surface area (Å²) in [5, 5.41) is 3.71. The first-order chi connectivity index (χ1) is 13.0. The summed E-state index contributed by atoms with van der Waals surface area (Å²) in [4.78, 5) is 4.01. The van der Waals surface area contributed by atoms with E-state index in [1.165, 1.54) is 0 Å². The highest BCUT2D eigenvalue weighted by atomic mass is 79.9. The van der Waals surface area contributed by atoms with Gasteiger partial charge in [-0.25, -0.2) is 0 Å². The zero-order valence-electron chi connectivity index (χ0n) is 13.6. The second-order valence-corrected chi connectivity index (χ2v) is 6.47. The maximum absolute atomic E-state index is 12.9. The zero-order valence-corrected chi connectivity index (χ0v) is 15.2. The van der Waals surface area contributed by atoms with E-state index in [9.17, 15) is 26.3 Å². The van der Waals surface area contributed by atoms with Crippen LogP contribution in [0.5, 0.6) is 5.75 Å². The van der Waals surface area contributed by atoms with Crippen LogP contribution in [0.4, 0.5) is 26.3 Å². The zero-order chi connectivity index (χ0) is 20.5. The van der Waals surface area contributed by atoms with Gasteiger partial charge in [0.2, 0.25) is 5.82 Å². The Morgan fingerprint density at radius 3 is 2.14 bits per heavy atom. The molecule has 0 amide bonds. The molecule has 11 heteroatoms. The van der Waals surface area contributed by atoms with Gasteiger partial charge in [0.1, 0.15) is 5.75 Å². The van der Waals surface area contributed by atoms with Crippen LogP contribution in [-0.2, 0) is 19.0 Å². The van der Waals surface area contributed by atoms with Gasteiger partial charge in [0, 0.05) is 10.0 Å². The predicted molar refractivity (Wildman–Crippen MR) is 88.2 cm³/mol. The minimum absolute atomic E-state index is 0.0188. The number of hydrogen-bond acceptors (Lipinski definition) is 4. The second kappa shape index (κ2) is 7.46. The third kappa shape index (κ3) is 4.83. The molecule has 1 aromatic heterocycles. The minimum atomic E-state index is -4.96. The van der Waals surface area contributed by atoms with Crippen LogP contribution in [0.15, 0.2) is 51.5 Å². The summed E-state index contributed by atoms with van der Waals surface area (Å²) < 4.78 is 87.9. The first-order valence-electron chi connectivity index (χ1n) is 7.53. The summed E-state index contributed by atoms with van der Waals surface area (Å²) in [7, 11) is 0. The van der Waals surface area contributed by atoms with E-state index >= 15 is 0 Å². The SMILES string of the molecule is FC(F)(F)c1cc(OCc2nc(-c3cccc(Br)c3)no2)cc(C(F)(F)F)c1. The number of ether oxygens (including phenoxy) is 1. The first kappa shape index (κ1) is 20.2. The van der Waals surface area contributed by atoms with Crippen molar-refractivity contribution in [2.75, 3.05) is 0 Å². The van der Waals surface area contributed by atoms with Crippen molar-refractivity contribution >= 4 is 15.9 Å².